The second-order valence-electron chi connectivity index (χ2n) is 26.8. The Hall–Kier alpha value is -8.11. The van der Waals surface area contributed by atoms with Gasteiger partial charge in [-0.05, 0) is 166 Å². The van der Waals surface area contributed by atoms with Crippen molar-refractivity contribution < 1.29 is 25.8 Å². The van der Waals surface area contributed by atoms with Crippen LogP contribution in [-0.4, -0.2) is 14.1 Å². The number of pyridine rings is 1. The molecule has 5 nitrogen and oxygen atoms in total. The number of hydrogen-bond donors (Lipinski definition) is 0. The molecule has 13 rings (SSSR count). The van der Waals surface area contributed by atoms with Crippen LogP contribution in [0.25, 0.3) is 93.2 Å². The fourth-order valence-electron chi connectivity index (χ4n) is 12.3. The Morgan fingerprint density at radius 1 is 0.434 bits per heavy atom. The first-order valence-electron chi connectivity index (χ1n) is 29.0. The van der Waals surface area contributed by atoms with E-state index in [1.54, 1.807) is 0 Å². The van der Waals surface area contributed by atoms with Crippen molar-refractivity contribution in [2.75, 3.05) is 4.90 Å². The average molecular weight is 1260 g/mol. The quantitative estimate of drug-likeness (QED) is 0.156. The van der Waals surface area contributed by atoms with Gasteiger partial charge in [-0.2, -0.15) is 6.07 Å². The molecule has 0 aliphatic carbocycles. The Morgan fingerprint density at radius 2 is 1.02 bits per heavy atom. The van der Waals surface area contributed by atoms with Crippen LogP contribution in [0.3, 0.4) is 0 Å². The number of rotatable bonds is 6. The first kappa shape index (κ1) is 55.4. The number of benzene rings is 9. The maximum absolute atomic E-state index is 7.06. The molecule has 83 heavy (non-hydrogen) atoms. The van der Waals surface area contributed by atoms with Crippen LogP contribution in [0.1, 0.15) is 111 Å². The molecule has 0 N–H and O–H groups in total. The third-order valence-electron chi connectivity index (χ3n) is 17.0. The van der Waals surface area contributed by atoms with Crippen LogP contribution in [0.5, 0.6) is 11.5 Å². The zero-order valence-electron chi connectivity index (χ0n) is 50.1. The summed E-state index contributed by atoms with van der Waals surface area (Å²) in [6.45, 7) is 32.3. The van der Waals surface area contributed by atoms with E-state index in [-0.39, 0.29) is 42.7 Å². The summed E-state index contributed by atoms with van der Waals surface area (Å²) in [7, 11) is 0. The largest absolute Gasteiger partial charge is 2.00 e. The standard InChI is InChI=1S/C77H72N4O.Pt/c1-48-69(36-35-63-61-29-19-20-31-67(61)81(71(48)63)70-45-52(37-38-78-70)74(2,3)4)82-57-26-21-25-56(46-57)79-47-80-72-64(51-39-53(75(5,6)7)42-54(40-51)76(8,9)10)43-55(77(11,12)13)44-66(72)59-28-18-17-27-58(59)65-41-50(49-23-15-14-16-24-49)33-34-60(65)62-30-22-32-68(79)73(62)80;/h14-45,47H,1-13H3;/q-2;+2. The van der Waals surface area contributed by atoms with Crippen molar-refractivity contribution in [3.63, 3.8) is 0 Å². The number of para-hydroxylation sites is 2. The fraction of sp³-hybridized carbons (Fsp3) is 0.221. The SMILES string of the molecule is Cc1c(Oc2[c-]c(N3[CH-]n4c5c(-c6cc(C(C)(C)C)cc(C(C)(C)C)c6)cc(C(C)(C)C)cc5c5ccccc5c5cc(-c6ccccc6)ccc5c5cccc3c54)ccc2)ccc2c3ccccc3n(-c3cc(C(C)(C)C)ccn3)c12.[Pt+2]. The van der Waals surface area contributed by atoms with Gasteiger partial charge in [-0.25, -0.2) is 4.98 Å². The molecule has 1 aliphatic rings. The molecule has 0 radical (unpaired) electrons. The molecule has 0 saturated carbocycles. The minimum Gasteiger partial charge on any atom is -0.483 e. The van der Waals surface area contributed by atoms with E-state index >= 15 is 0 Å². The van der Waals surface area contributed by atoms with Gasteiger partial charge in [0.15, 0.2) is 0 Å². The number of ether oxygens (including phenoxy) is 1. The second-order valence-corrected chi connectivity index (χ2v) is 26.8. The molecule has 0 bridgehead atoms. The monoisotopic (exact) mass is 1260 g/mol. The van der Waals surface area contributed by atoms with Gasteiger partial charge in [0.1, 0.15) is 11.6 Å². The molecule has 12 aromatic rings. The number of fused-ring (bicyclic) bond motifs is 10. The maximum atomic E-state index is 7.06. The molecule has 0 unspecified atom stereocenters. The number of nitrogens with zero attached hydrogens (tertiary/aromatic N) is 4. The first-order chi connectivity index (χ1) is 39.1. The van der Waals surface area contributed by atoms with Crippen LogP contribution >= 0.6 is 0 Å². The van der Waals surface area contributed by atoms with Crippen molar-refractivity contribution in [3.05, 3.63) is 235 Å². The molecular formula is C77H72N4OPt. The smallest absolute Gasteiger partial charge is 0.483 e. The van der Waals surface area contributed by atoms with Crippen LogP contribution in [0, 0.1) is 19.7 Å². The van der Waals surface area contributed by atoms with Crippen LogP contribution in [-0.2, 0) is 42.7 Å². The minimum atomic E-state index is -0.170. The Bertz CT molecular complexity index is 4600. The van der Waals surface area contributed by atoms with Crippen molar-refractivity contribution in [1.82, 2.24) is 14.1 Å². The van der Waals surface area contributed by atoms with Crippen molar-refractivity contribution in [3.8, 4) is 39.6 Å². The summed E-state index contributed by atoms with van der Waals surface area (Å²) < 4.78 is 11.9. The van der Waals surface area contributed by atoms with E-state index in [2.05, 4.69) is 299 Å². The van der Waals surface area contributed by atoms with Gasteiger partial charge < -0.3 is 14.2 Å². The number of hydrogen-bond acceptors (Lipinski definition) is 3. The number of aryl methyl sites for hydroxylation is 1. The molecular weight excluding hydrogens is 1190 g/mol. The molecule has 0 amide bonds. The van der Waals surface area contributed by atoms with E-state index in [1.165, 1.54) is 76.8 Å². The Balaban J connectivity index is 0.00000680. The van der Waals surface area contributed by atoms with Crippen LogP contribution in [0.2, 0.25) is 0 Å². The number of aromatic nitrogens is 3. The van der Waals surface area contributed by atoms with Gasteiger partial charge in [-0.15, -0.1) is 18.2 Å². The van der Waals surface area contributed by atoms with Gasteiger partial charge in [0, 0.05) is 34.0 Å². The summed E-state index contributed by atoms with van der Waals surface area (Å²) in [5.41, 5.74) is 16.9. The van der Waals surface area contributed by atoms with E-state index in [4.69, 9.17) is 9.72 Å². The molecule has 0 spiro atoms. The van der Waals surface area contributed by atoms with Crippen LogP contribution < -0.4 is 9.64 Å². The van der Waals surface area contributed by atoms with Crippen molar-refractivity contribution in [2.45, 2.75) is 112 Å². The third kappa shape index (κ3) is 9.75. The molecule has 0 fully saturated rings. The molecule has 0 atom stereocenters. The van der Waals surface area contributed by atoms with Gasteiger partial charge >= 0.3 is 21.1 Å². The summed E-state index contributed by atoms with van der Waals surface area (Å²) in [4.78, 5) is 7.30. The zero-order chi connectivity index (χ0) is 57.2. The summed E-state index contributed by atoms with van der Waals surface area (Å²) in [5, 5.41) is 9.40. The third-order valence-corrected chi connectivity index (χ3v) is 17.0. The van der Waals surface area contributed by atoms with Gasteiger partial charge in [-0.1, -0.05) is 216 Å². The van der Waals surface area contributed by atoms with E-state index in [0.29, 0.717) is 5.75 Å². The van der Waals surface area contributed by atoms with Gasteiger partial charge in [-0.3, -0.25) is 4.57 Å². The fourth-order valence-corrected chi connectivity index (χ4v) is 12.3. The van der Waals surface area contributed by atoms with Crippen molar-refractivity contribution >= 4 is 76.5 Å². The minimum absolute atomic E-state index is 0. The molecule has 4 heterocycles. The Labute approximate surface area is 504 Å². The number of anilines is 2. The van der Waals surface area contributed by atoms with E-state index in [1.807, 2.05) is 12.3 Å². The topological polar surface area (TPSA) is 35.2 Å². The van der Waals surface area contributed by atoms with Gasteiger partial charge in [0.2, 0.25) is 0 Å². The molecule has 6 heteroatoms. The summed E-state index contributed by atoms with van der Waals surface area (Å²) in [6, 6.07) is 73.4. The van der Waals surface area contributed by atoms with Crippen LogP contribution in [0.15, 0.2) is 194 Å². The van der Waals surface area contributed by atoms with Gasteiger partial charge in [0.05, 0.1) is 11.0 Å². The van der Waals surface area contributed by atoms with Gasteiger partial charge in [0.25, 0.3) is 0 Å². The molecule has 1 aliphatic heterocycles. The average Bonchev–Trinajstić information content (AvgIpc) is 4.23. The maximum Gasteiger partial charge on any atom is 2.00 e. The predicted molar refractivity (Wildman–Crippen MR) is 348 cm³/mol. The summed E-state index contributed by atoms with van der Waals surface area (Å²) in [6.07, 6.45) is 1.94. The van der Waals surface area contributed by atoms with E-state index in [9.17, 15) is 0 Å². The first-order valence-corrected chi connectivity index (χ1v) is 29.0. The predicted octanol–water partition coefficient (Wildman–Crippen LogP) is 21.3. The van der Waals surface area contributed by atoms with E-state index < -0.39 is 0 Å². The molecule has 0 saturated heterocycles. The zero-order valence-corrected chi connectivity index (χ0v) is 52.3. The van der Waals surface area contributed by atoms with E-state index in [0.717, 1.165) is 61.3 Å². The second kappa shape index (κ2) is 20.3. The van der Waals surface area contributed by atoms with Crippen molar-refractivity contribution in [1.29, 1.82) is 0 Å². The van der Waals surface area contributed by atoms with Crippen LogP contribution in [0.4, 0.5) is 11.4 Å². The molecule has 3 aromatic heterocycles. The molecule has 416 valence electrons. The Kier molecular flexibility index (Phi) is 13.6. The Morgan fingerprint density at radius 3 is 1.72 bits per heavy atom. The summed E-state index contributed by atoms with van der Waals surface area (Å²) >= 11 is 0. The van der Waals surface area contributed by atoms with Crippen molar-refractivity contribution in [2.24, 2.45) is 0 Å². The summed E-state index contributed by atoms with van der Waals surface area (Å²) in [5.74, 6) is 2.27. The normalized spacial score (nSPS) is 12.9. The molecule has 9 aromatic carbocycles.